The van der Waals surface area contributed by atoms with Crippen LogP contribution in [0.1, 0.15) is 40.0 Å². The molecule has 1 amide bonds. The van der Waals surface area contributed by atoms with E-state index in [4.69, 9.17) is 5.73 Å². The van der Waals surface area contributed by atoms with Gasteiger partial charge in [-0.1, -0.05) is 13.8 Å². The average molecular weight is 255 g/mol. The number of carbonyl (C=O) groups excluding carboxylic acids is 1. The van der Waals surface area contributed by atoms with Gasteiger partial charge < -0.3 is 15.5 Å². The summed E-state index contributed by atoms with van der Waals surface area (Å²) in [5.74, 6) is 0.943. The highest BCUT2D eigenvalue weighted by atomic mass is 16.2. The van der Waals surface area contributed by atoms with Crippen molar-refractivity contribution in [1.29, 1.82) is 0 Å². The van der Waals surface area contributed by atoms with Gasteiger partial charge in [-0.2, -0.15) is 0 Å². The van der Waals surface area contributed by atoms with Crippen molar-refractivity contribution in [2.24, 2.45) is 11.7 Å². The van der Waals surface area contributed by atoms with Crippen molar-refractivity contribution in [3.05, 3.63) is 0 Å². The molecule has 0 spiro atoms. The molecule has 18 heavy (non-hydrogen) atoms. The zero-order chi connectivity index (χ0) is 13.5. The first kappa shape index (κ1) is 15.4. The van der Waals surface area contributed by atoms with Gasteiger partial charge in [0.15, 0.2) is 0 Å². The Morgan fingerprint density at radius 1 is 1.44 bits per heavy atom. The molecule has 2 N–H and O–H groups in total. The van der Waals surface area contributed by atoms with E-state index < -0.39 is 0 Å². The van der Waals surface area contributed by atoms with Crippen LogP contribution in [-0.2, 0) is 4.79 Å². The molecule has 0 aromatic carbocycles. The third-order valence-electron chi connectivity index (χ3n) is 3.86. The van der Waals surface area contributed by atoms with Crippen LogP contribution in [0.2, 0.25) is 0 Å². The van der Waals surface area contributed by atoms with Crippen LogP contribution in [0.25, 0.3) is 0 Å². The van der Waals surface area contributed by atoms with E-state index in [1.807, 2.05) is 11.8 Å². The summed E-state index contributed by atoms with van der Waals surface area (Å²) >= 11 is 0. The van der Waals surface area contributed by atoms with Crippen LogP contribution in [0.15, 0.2) is 0 Å². The molecule has 0 bridgehead atoms. The second-order valence-electron chi connectivity index (χ2n) is 5.50. The van der Waals surface area contributed by atoms with Crippen molar-refractivity contribution in [3.63, 3.8) is 0 Å². The van der Waals surface area contributed by atoms with Crippen molar-refractivity contribution in [3.8, 4) is 0 Å². The molecule has 1 heterocycles. The first-order valence-corrected chi connectivity index (χ1v) is 7.32. The van der Waals surface area contributed by atoms with E-state index in [9.17, 15) is 4.79 Å². The minimum atomic E-state index is 0.128. The Hall–Kier alpha value is -0.610. The standard InChI is InChI=1S/C14H29N3O/c1-4-16(5-2)10-13-8-9-17(11-13)14(18)7-6-12(3)15/h12-13H,4-11,15H2,1-3H3. The van der Waals surface area contributed by atoms with Crippen LogP contribution in [0.5, 0.6) is 0 Å². The van der Waals surface area contributed by atoms with E-state index in [2.05, 4.69) is 18.7 Å². The fraction of sp³-hybridized carbons (Fsp3) is 0.929. The maximum absolute atomic E-state index is 12.0. The fourth-order valence-corrected chi connectivity index (χ4v) is 2.56. The monoisotopic (exact) mass is 255 g/mol. The number of rotatable bonds is 7. The molecule has 1 saturated heterocycles. The summed E-state index contributed by atoms with van der Waals surface area (Å²) in [6, 6.07) is 0.128. The Balaban J connectivity index is 2.29. The van der Waals surface area contributed by atoms with E-state index in [-0.39, 0.29) is 11.9 Å². The smallest absolute Gasteiger partial charge is 0.222 e. The molecule has 1 fully saturated rings. The van der Waals surface area contributed by atoms with Crippen LogP contribution in [0.3, 0.4) is 0 Å². The topological polar surface area (TPSA) is 49.6 Å². The summed E-state index contributed by atoms with van der Waals surface area (Å²) < 4.78 is 0. The lowest BCUT2D eigenvalue weighted by molar-refractivity contribution is -0.130. The number of carbonyl (C=O) groups is 1. The van der Waals surface area contributed by atoms with E-state index >= 15 is 0 Å². The molecule has 2 unspecified atom stereocenters. The van der Waals surface area contributed by atoms with E-state index in [0.717, 1.165) is 45.6 Å². The van der Waals surface area contributed by atoms with Crippen molar-refractivity contribution >= 4 is 5.91 Å². The largest absolute Gasteiger partial charge is 0.342 e. The van der Waals surface area contributed by atoms with Crippen molar-refractivity contribution in [1.82, 2.24) is 9.80 Å². The van der Waals surface area contributed by atoms with E-state index in [1.54, 1.807) is 0 Å². The van der Waals surface area contributed by atoms with E-state index in [0.29, 0.717) is 12.3 Å². The molecular formula is C14H29N3O. The van der Waals surface area contributed by atoms with Gasteiger partial charge in [-0.05, 0) is 38.8 Å². The predicted octanol–water partition coefficient (Wildman–Crippen LogP) is 1.30. The molecule has 4 nitrogen and oxygen atoms in total. The first-order chi connectivity index (χ1) is 8.56. The molecule has 1 aliphatic heterocycles. The van der Waals surface area contributed by atoms with Crippen LogP contribution < -0.4 is 5.73 Å². The summed E-state index contributed by atoms with van der Waals surface area (Å²) in [7, 11) is 0. The number of likely N-dealkylation sites (tertiary alicyclic amines) is 1. The van der Waals surface area contributed by atoms with Gasteiger partial charge in [0.25, 0.3) is 0 Å². The Kier molecular flexibility index (Phi) is 6.65. The fourth-order valence-electron chi connectivity index (χ4n) is 2.56. The lowest BCUT2D eigenvalue weighted by atomic mass is 10.1. The third kappa shape index (κ3) is 4.94. The van der Waals surface area contributed by atoms with Gasteiger partial charge in [0.05, 0.1) is 0 Å². The first-order valence-electron chi connectivity index (χ1n) is 7.32. The van der Waals surface area contributed by atoms with Crippen LogP contribution in [0.4, 0.5) is 0 Å². The zero-order valence-corrected chi connectivity index (χ0v) is 12.2. The lowest BCUT2D eigenvalue weighted by Gasteiger charge is -2.22. The minimum Gasteiger partial charge on any atom is -0.342 e. The Morgan fingerprint density at radius 2 is 2.11 bits per heavy atom. The van der Waals surface area contributed by atoms with Gasteiger partial charge in [0, 0.05) is 32.1 Å². The Labute approximate surface area is 111 Å². The summed E-state index contributed by atoms with van der Waals surface area (Å²) in [6.07, 6.45) is 2.56. The molecule has 0 saturated carbocycles. The van der Waals surface area contributed by atoms with Crippen molar-refractivity contribution < 1.29 is 4.79 Å². The molecule has 2 atom stereocenters. The molecule has 1 rings (SSSR count). The molecular weight excluding hydrogens is 226 g/mol. The van der Waals surface area contributed by atoms with Gasteiger partial charge >= 0.3 is 0 Å². The zero-order valence-electron chi connectivity index (χ0n) is 12.2. The molecule has 106 valence electrons. The summed E-state index contributed by atoms with van der Waals surface area (Å²) in [6.45, 7) is 11.6. The normalized spacial score (nSPS) is 21.6. The third-order valence-corrected chi connectivity index (χ3v) is 3.86. The highest BCUT2D eigenvalue weighted by molar-refractivity contribution is 5.76. The van der Waals surface area contributed by atoms with Crippen LogP contribution in [0, 0.1) is 5.92 Å². The predicted molar refractivity (Wildman–Crippen MR) is 75.4 cm³/mol. The summed E-state index contributed by atoms with van der Waals surface area (Å²) in [5, 5.41) is 0. The number of hydrogen-bond donors (Lipinski definition) is 1. The molecule has 1 aliphatic rings. The van der Waals surface area contributed by atoms with Crippen LogP contribution >= 0.6 is 0 Å². The average Bonchev–Trinajstić information content (AvgIpc) is 2.81. The Bertz CT molecular complexity index is 251. The van der Waals surface area contributed by atoms with Gasteiger partial charge in [-0.3, -0.25) is 4.79 Å². The van der Waals surface area contributed by atoms with Crippen LogP contribution in [-0.4, -0.2) is 54.5 Å². The van der Waals surface area contributed by atoms with Gasteiger partial charge in [0.1, 0.15) is 0 Å². The number of nitrogens with two attached hydrogens (primary N) is 1. The maximum atomic E-state index is 12.0. The number of hydrogen-bond acceptors (Lipinski definition) is 3. The number of amides is 1. The lowest BCUT2D eigenvalue weighted by Crippen LogP contribution is -2.33. The highest BCUT2D eigenvalue weighted by Crippen LogP contribution is 2.18. The van der Waals surface area contributed by atoms with Gasteiger partial charge in [-0.25, -0.2) is 0 Å². The SMILES string of the molecule is CCN(CC)CC1CCN(C(=O)CCC(C)N)C1. The second kappa shape index (κ2) is 7.74. The molecule has 0 radical (unpaired) electrons. The van der Waals surface area contributed by atoms with E-state index in [1.165, 1.54) is 0 Å². The second-order valence-corrected chi connectivity index (χ2v) is 5.50. The Morgan fingerprint density at radius 3 is 2.67 bits per heavy atom. The molecule has 0 aromatic heterocycles. The summed E-state index contributed by atoms with van der Waals surface area (Å²) in [5.41, 5.74) is 5.69. The minimum absolute atomic E-state index is 0.128. The maximum Gasteiger partial charge on any atom is 0.222 e. The molecule has 4 heteroatoms. The quantitative estimate of drug-likeness (QED) is 0.746. The van der Waals surface area contributed by atoms with Crippen molar-refractivity contribution in [2.75, 3.05) is 32.7 Å². The number of nitrogens with zero attached hydrogens (tertiary/aromatic N) is 2. The molecule has 0 aromatic rings. The highest BCUT2D eigenvalue weighted by Gasteiger charge is 2.26. The molecule has 0 aliphatic carbocycles. The summed E-state index contributed by atoms with van der Waals surface area (Å²) in [4.78, 5) is 16.4. The van der Waals surface area contributed by atoms with Crippen molar-refractivity contribution in [2.45, 2.75) is 46.1 Å². The van der Waals surface area contributed by atoms with Gasteiger partial charge in [-0.15, -0.1) is 0 Å². The van der Waals surface area contributed by atoms with Gasteiger partial charge in [0.2, 0.25) is 5.91 Å².